The number of aryl methyl sites for hydroxylation is 1. The number of carbonyl (C=O) groups is 1. The van der Waals surface area contributed by atoms with Crippen LogP contribution in [0, 0.1) is 5.82 Å². The van der Waals surface area contributed by atoms with Gasteiger partial charge in [0.1, 0.15) is 5.82 Å². The van der Waals surface area contributed by atoms with Crippen LogP contribution < -0.4 is 4.90 Å². The lowest BCUT2D eigenvalue weighted by Gasteiger charge is -2.18. The van der Waals surface area contributed by atoms with Crippen LogP contribution >= 0.6 is 0 Å². The SMILES string of the molecule is CN(CCCc1cc(-c2ccccc2)n[nH]1)C(=O)c1ccc(N(C)C)c(F)c1. The highest BCUT2D eigenvalue weighted by molar-refractivity contribution is 5.94. The van der Waals surface area contributed by atoms with Crippen molar-refractivity contribution in [2.24, 2.45) is 0 Å². The summed E-state index contributed by atoms with van der Waals surface area (Å²) >= 11 is 0. The molecule has 0 atom stereocenters. The largest absolute Gasteiger partial charge is 0.375 e. The van der Waals surface area contributed by atoms with Crippen molar-refractivity contribution in [3.63, 3.8) is 0 Å². The summed E-state index contributed by atoms with van der Waals surface area (Å²) in [6, 6.07) is 16.6. The van der Waals surface area contributed by atoms with Crippen LogP contribution in [0.5, 0.6) is 0 Å². The van der Waals surface area contributed by atoms with Crippen LogP contribution in [-0.4, -0.2) is 48.7 Å². The molecule has 0 aliphatic rings. The van der Waals surface area contributed by atoms with Crippen LogP contribution in [0.15, 0.2) is 54.6 Å². The number of amides is 1. The van der Waals surface area contributed by atoms with Crippen molar-refractivity contribution in [3.8, 4) is 11.3 Å². The van der Waals surface area contributed by atoms with E-state index < -0.39 is 5.82 Å². The van der Waals surface area contributed by atoms with Crippen LogP contribution in [0.3, 0.4) is 0 Å². The van der Waals surface area contributed by atoms with E-state index in [1.165, 1.54) is 6.07 Å². The van der Waals surface area contributed by atoms with Crippen molar-refractivity contribution >= 4 is 11.6 Å². The number of aromatic amines is 1. The number of nitrogens with one attached hydrogen (secondary N) is 1. The number of hydrogen-bond donors (Lipinski definition) is 1. The second-order valence-electron chi connectivity index (χ2n) is 7.04. The van der Waals surface area contributed by atoms with Gasteiger partial charge in [0, 0.05) is 44.5 Å². The molecule has 3 rings (SSSR count). The van der Waals surface area contributed by atoms with E-state index in [2.05, 4.69) is 10.2 Å². The van der Waals surface area contributed by atoms with E-state index in [4.69, 9.17) is 0 Å². The van der Waals surface area contributed by atoms with Crippen molar-refractivity contribution in [1.29, 1.82) is 0 Å². The van der Waals surface area contributed by atoms with Gasteiger partial charge in [0.2, 0.25) is 0 Å². The van der Waals surface area contributed by atoms with Crippen LogP contribution in [0.2, 0.25) is 0 Å². The number of H-pyrrole nitrogens is 1. The van der Waals surface area contributed by atoms with E-state index in [9.17, 15) is 9.18 Å². The van der Waals surface area contributed by atoms with Gasteiger partial charge in [0.05, 0.1) is 11.4 Å². The molecule has 0 radical (unpaired) electrons. The van der Waals surface area contributed by atoms with E-state index in [0.29, 0.717) is 17.8 Å². The molecular formula is C22H25FN4O. The third kappa shape index (κ3) is 4.57. The monoisotopic (exact) mass is 380 g/mol. The molecule has 5 nitrogen and oxygen atoms in total. The molecule has 0 aliphatic heterocycles. The predicted octanol–water partition coefficient (Wildman–Crippen LogP) is 3.99. The van der Waals surface area contributed by atoms with E-state index in [-0.39, 0.29) is 5.91 Å². The third-order valence-electron chi connectivity index (χ3n) is 4.66. The fourth-order valence-corrected chi connectivity index (χ4v) is 3.08. The summed E-state index contributed by atoms with van der Waals surface area (Å²) in [5.74, 6) is -0.575. The van der Waals surface area contributed by atoms with E-state index >= 15 is 0 Å². The first-order valence-corrected chi connectivity index (χ1v) is 9.28. The number of nitrogens with zero attached hydrogens (tertiary/aromatic N) is 3. The molecule has 28 heavy (non-hydrogen) atoms. The van der Waals surface area contributed by atoms with Gasteiger partial charge >= 0.3 is 0 Å². The Bertz CT molecular complexity index is 937. The van der Waals surface area contributed by atoms with E-state index in [1.54, 1.807) is 43.1 Å². The molecule has 2 aromatic carbocycles. The van der Waals surface area contributed by atoms with Gasteiger partial charge in [0.25, 0.3) is 5.91 Å². The molecule has 0 aliphatic carbocycles. The Hall–Kier alpha value is -3.15. The first kappa shape index (κ1) is 19.6. The summed E-state index contributed by atoms with van der Waals surface area (Å²) in [6.07, 6.45) is 1.57. The van der Waals surface area contributed by atoms with Crippen LogP contribution in [-0.2, 0) is 6.42 Å². The maximum absolute atomic E-state index is 14.1. The second kappa shape index (κ2) is 8.69. The Balaban J connectivity index is 1.54. The minimum atomic E-state index is -0.393. The van der Waals surface area contributed by atoms with E-state index in [0.717, 1.165) is 29.8 Å². The molecule has 6 heteroatoms. The average Bonchev–Trinajstić information content (AvgIpc) is 3.16. The number of benzene rings is 2. The fraction of sp³-hybridized carbons (Fsp3) is 0.273. The first-order valence-electron chi connectivity index (χ1n) is 9.28. The molecule has 1 aromatic heterocycles. The Morgan fingerprint density at radius 1 is 1.07 bits per heavy atom. The molecule has 0 saturated heterocycles. The van der Waals surface area contributed by atoms with Gasteiger partial charge < -0.3 is 9.80 Å². The highest BCUT2D eigenvalue weighted by Gasteiger charge is 2.15. The number of anilines is 1. The quantitative estimate of drug-likeness (QED) is 0.674. The Labute approximate surface area is 164 Å². The van der Waals surface area contributed by atoms with Crippen molar-refractivity contribution in [1.82, 2.24) is 15.1 Å². The summed E-state index contributed by atoms with van der Waals surface area (Å²) < 4.78 is 14.1. The lowest BCUT2D eigenvalue weighted by atomic mass is 10.1. The second-order valence-corrected chi connectivity index (χ2v) is 7.04. The molecule has 0 unspecified atom stereocenters. The molecule has 0 saturated carbocycles. The zero-order valence-electron chi connectivity index (χ0n) is 16.4. The summed E-state index contributed by atoms with van der Waals surface area (Å²) in [5, 5.41) is 7.40. The zero-order chi connectivity index (χ0) is 20.1. The number of halogens is 1. The fourth-order valence-electron chi connectivity index (χ4n) is 3.08. The van der Waals surface area contributed by atoms with Gasteiger partial charge in [-0.2, -0.15) is 5.10 Å². The maximum atomic E-state index is 14.1. The molecule has 1 amide bonds. The molecule has 1 heterocycles. The van der Waals surface area contributed by atoms with Gasteiger partial charge in [-0.05, 0) is 37.1 Å². The minimum Gasteiger partial charge on any atom is -0.375 e. The van der Waals surface area contributed by atoms with Crippen molar-refractivity contribution < 1.29 is 9.18 Å². The summed E-state index contributed by atoms with van der Waals surface area (Å²) in [7, 11) is 5.28. The molecule has 0 bridgehead atoms. The first-order chi connectivity index (χ1) is 13.5. The van der Waals surface area contributed by atoms with Crippen LogP contribution in [0.25, 0.3) is 11.3 Å². The summed E-state index contributed by atoms with van der Waals surface area (Å²) in [4.78, 5) is 15.8. The molecule has 1 N–H and O–H groups in total. The smallest absolute Gasteiger partial charge is 0.253 e. The Morgan fingerprint density at radius 2 is 1.82 bits per heavy atom. The molecular weight excluding hydrogens is 355 g/mol. The van der Waals surface area contributed by atoms with Gasteiger partial charge in [-0.1, -0.05) is 30.3 Å². The summed E-state index contributed by atoms with van der Waals surface area (Å²) in [6.45, 7) is 0.579. The highest BCUT2D eigenvalue weighted by atomic mass is 19.1. The van der Waals surface area contributed by atoms with Gasteiger partial charge in [-0.3, -0.25) is 9.89 Å². The summed E-state index contributed by atoms with van der Waals surface area (Å²) in [5.41, 5.74) is 3.84. The molecule has 146 valence electrons. The minimum absolute atomic E-state index is 0.182. The molecule has 3 aromatic rings. The highest BCUT2D eigenvalue weighted by Crippen LogP contribution is 2.20. The third-order valence-corrected chi connectivity index (χ3v) is 4.66. The number of aromatic nitrogens is 2. The molecule has 0 fully saturated rings. The maximum Gasteiger partial charge on any atom is 0.253 e. The molecule has 0 spiro atoms. The van der Waals surface area contributed by atoms with Gasteiger partial charge in [-0.25, -0.2) is 4.39 Å². The Kier molecular flexibility index (Phi) is 6.09. The lowest BCUT2D eigenvalue weighted by molar-refractivity contribution is 0.0793. The standard InChI is InChI=1S/C22H25FN4O/c1-26(2)21-12-11-17(14-19(21)23)22(28)27(3)13-7-10-18-15-20(25-24-18)16-8-5-4-6-9-16/h4-6,8-9,11-12,14-15H,7,10,13H2,1-3H3,(H,24,25). The van der Waals surface area contributed by atoms with Crippen LogP contribution in [0.1, 0.15) is 22.5 Å². The van der Waals surface area contributed by atoms with Gasteiger partial charge in [0.15, 0.2) is 0 Å². The van der Waals surface area contributed by atoms with E-state index in [1.807, 2.05) is 36.4 Å². The number of rotatable bonds is 7. The zero-order valence-corrected chi connectivity index (χ0v) is 16.4. The Morgan fingerprint density at radius 3 is 2.50 bits per heavy atom. The normalized spacial score (nSPS) is 10.7. The number of hydrogen-bond acceptors (Lipinski definition) is 3. The number of carbonyl (C=O) groups excluding carboxylic acids is 1. The van der Waals surface area contributed by atoms with Crippen molar-refractivity contribution in [3.05, 3.63) is 71.7 Å². The predicted molar refractivity (Wildman–Crippen MR) is 110 cm³/mol. The van der Waals surface area contributed by atoms with Crippen LogP contribution in [0.4, 0.5) is 10.1 Å². The topological polar surface area (TPSA) is 52.2 Å². The van der Waals surface area contributed by atoms with Crippen molar-refractivity contribution in [2.75, 3.05) is 32.6 Å². The van der Waals surface area contributed by atoms with Crippen molar-refractivity contribution in [2.45, 2.75) is 12.8 Å². The lowest BCUT2D eigenvalue weighted by Crippen LogP contribution is -2.28. The average molecular weight is 380 g/mol. The van der Waals surface area contributed by atoms with Gasteiger partial charge in [-0.15, -0.1) is 0 Å².